The van der Waals surface area contributed by atoms with Gasteiger partial charge in [0.25, 0.3) is 5.91 Å². The number of sulfonamides is 1. The molecule has 1 atom stereocenters. The monoisotopic (exact) mass is 397 g/mol. The van der Waals surface area contributed by atoms with Crippen LogP contribution >= 0.6 is 11.3 Å². The van der Waals surface area contributed by atoms with E-state index in [0.717, 1.165) is 44.1 Å². The van der Waals surface area contributed by atoms with Crippen molar-refractivity contribution in [2.24, 2.45) is 5.14 Å². The number of nitrogens with one attached hydrogen (secondary N) is 1. The van der Waals surface area contributed by atoms with E-state index in [-0.39, 0.29) is 16.5 Å². The van der Waals surface area contributed by atoms with Crippen LogP contribution in [0, 0.1) is 5.82 Å². The van der Waals surface area contributed by atoms with Crippen molar-refractivity contribution in [3.63, 3.8) is 0 Å². The number of carbonyl (C=O) groups is 1. The number of thiophene rings is 1. The summed E-state index contributed by atoms with van der Waals surface area (Å²) in [5.41, 5.74) is -0.313. The number of likely N-dealkylation sites (tertiary alicyclic amines) is 1. The highest BCUT2D eigenvalue weighted by Crippen LogP contribution is 2.18. The first-order valence-electron chi connectivity index (χ1n) is 8.21. The smallest absolute Gasteiger partial charge is 0.254 e. The number of nitrogens with zero attached hydrogens (tertiary/aromatic N) is 1. The Balaban J connectivity index is 1.67. The van der Waals surface area contributed by atoms with Crippen LogP contribution in [0.1, 0.15) is 28.1 Å². The van der Waals surface area contributed by atoms with Gasteiger partial charge in [0.2, 0.25) is 10.0 Å². The summed E-state index contributed by atoms with van der Waals surface area (Å²) < 4.78 is 36.8. The molecule has 3 rings (SSSR count). The predicted molar refractivity (Wildman–Crippen MR) is 97.9 cm³/mol. The van der Waals surface area contributed by atoms with Gasteiger partial charge in [-0.2, -0.15) is 0 Å². The number of halogens is 1. The van der Waals surface area contributed by atoms with Gasteiger partial charge >= 0.3 is 0 Å². The topological polar surface area (TPSA) is 92.5 Å². The first kappa shape index (κ1) is 19.0. The van der Waals surface area contributed by atoms with Gasteiger partial charge < -0.3 is 5.32 Å². The van der Waals surface area contributed by atoms with Crippen molar-refractivity contribution in [3.05, 3.63) is 52.0 Å². The molecule has 0 radical (unpaired) electrons. The standard InChI is InChI=1S/C17H20FN3O3S2/c18-16-6-5-14(26(19,23)24)9-15(16)17(22)20-12-3-1-7-21(10-12)11-13-4-2-8-25-13/h2,4-6,8-9,12H,1,3,7,10-11H2,(H,20,22)(H2,19,23,24)/t12-/m1/s1. The molecule has 1 aromatic heterocycles. The summed E-state index contributed by atoms with van der Waals surface area (Å²) in [4.78, 5) is 15.6. The number of nitrogens with two attached hydrogens (primary N) is 1. The highest BCUT2D eigenvalue weighted by molar-refractivity contribution is 7.89. The number of hydrogen-bond acceptors (Lipinski definition) is 5. The number of rotatable bonds is 5. The van der Waals surface area contributed by atoms with Crippen LogP contribution in [0.15, 0.2) is 40.6 Å². The van der Waals surface area contributed by atoms with E-state index in [0.29, 0.717) is 6.54 Å². The summed E-state index contributed by atoms with van der Waals surface area (Å²) in [5.74, 6) is -1.41. The van der Waals surface area contributed by atoms with Gasteiger partial charge in [0, 0.05) is 24.0 Å². The zero-order valence-electron chi connectivity index (χ0n) is 14.0. The fourth-order valence-corrected chi connectivity index (χ4v) is 4.34. The fraction of sp³-hybridized carbons (Fsp3) is 0.353. The first-order chi connectivity index (χ1) is 12.3. The van der Waals surface area contributed by atoms with Crippen LogP contribution in [0.3, 0.4) is 0 Å². The zero-order valence-corrected chi connectivity index (χ0v) is 15.7. The zero-order chi connectivity index (χ0) is 18.7. The van der Waals surface area contributed by atoms with E-state index in [1.807, 2.05) is 11.4 Å². The minimum absolute atomic E-state index is 0.117. The number of piperidine rings is 1. The van der Waals surface area contributed by atoms with Crippen LogP contribution in [0.5, 0.6) is 0 Å². The number of primary sulfonamides is 1. The van der Waals surface area contributed by atoms with Gasteiger partial charge in [0.15, 0.2) is 0 Å². The average molecular weight is 397 g/mol. The van der Waals surface area contributed by atoms with Crippen molar-refractivity contribution in [2.75, 3.05) is 13.1 Å². The molecule has 9 heteroatoms. The second-order valence-corrected chi connectivity index (χ2v) is 8.91. The van der Waals surface area contributed by atoms with Crippen molar-refractivity contribution in [1.82, 2.24) is 10.2 Å². The Hall–Kier alpha value is -1.81. The number of hydrogen-bond donors (Lipinski definition) is 2. The lowest BCUT2D eigenvalue weighted by Gasteiger charge is -2.32. The lowest BCUT2D eigenvalue weighted by atomic mass is 10.0. The molecular weight excluding hydrogens is 377 g/mol. The van der Waals surface area contributed by atoms with Crippen molar-refractivity contribution < 1.29 is 17.6 Å². The van der Waals surface area contributed by atoms with E-state index < -0.39 is 21.7 Å². The van der Waals surface area contributed by atoms with Crippen molar-refractivity contribution in [2.45, 2.75) is 30.3 Å². The van der Waals surface area contributed by atoms with E-state index >= 15 is 0 Å². The molecule has 0 spiro atoms. The van der Waals surface area contributed by atoms with E-state index in [2.05, 4.69) is 16.3 Å². The average Bonchev–Trinajstić information content (AvgIpc) is 3.07. The van der Waals surface area contributed by atoms with Gasteiger partial charge in [-0.05, 0) is 49.0 Å². The molecule has 2 aromatic rings. The van der Waals surface area contributed by atoms with Crippen LogP contribution < -0.4 is 10.5 Å². The quantitative estimate of drug-likeness (QED) is 0.806. The second kappa shape index (κ2) is 7.83. The summed E-state index contributed by atoms with van der Waals surface area (Å²) in [6, 6.07) is 6.93. The molecule has 1 saturated heterocycles. The molecule has 0 unspecified atom stereocenters. The minimum Gasteiger partial charge on any atom is -0.348 e. The maximum absolute atomic E-state index is 14.0. The van der Waals surface area contributed by atoms with Crippen LogP contribution in [0.25, 0.3) is 0 Å². The summed E-state index contributed by atoms with van der Waals surface area (Å²) in [5, 5.41) is 9.89. The fourth-order valence-electron chi connectivity index (χ4n) is 3.06. The van der Waals surface area contributed by atoms with E-state index in [1.165, 1.54) is 4.88 Å². The lowest BCUT2D eigenvalue weighted by Crippen LogP contribution is -2.47. The Labute approximate surface area is 155 Å². The normalized spacial score (nSPS) is 18.6. The molecular formula is C17H20FN3O3S2. The van der Waals surface area contributed by atoms with Crippen molar-refractivity contribution in [3.8, 4) is 0 Å². The Bertz CT molecular complexity index is 885. The van der Waals surface area contributed by atoms with Crippen LogP contribution in [0.2, 0.25) is 0 Å². The number of benzene rings is 1. The molecule has 26 heavy (non-hydrogen) atoms. The molecule has 140 valence electrons. The summed E-state index contributed by atoms with van der Waals surface area (Å²) in [6.07, 6.45) is 1.72. The highest BCUT2D eigenvalue weighted by Gasteiger charge is 2.24. The largest absolute Gasteiger partial charge is 0.348 e. The van der Waals surface area contributed by atoms with Gasteiger partial charge in [-0.25, -0.2) is 17.9 Å². The van der Waals surface area contributed by atoms with Gasteiger partial charge in [-0.1, -0.05) is 6.07 Å². The Morgan fingerprint density at radius 3 is 2.88 bits per heavy atom. The summed E-state index contributed by atoms with van der Waals surface area (Å²) in [7, 11) is -4.00. The minimum atomic E-state index is -4.00. The molecule has 0 bridgehead atoms. The Kier molecular flexibility index (Phi) is 5.71. The molecule has 1 amide bonds. The van der Waals surface area contributed by atoms with Gasteiger partial charge in [-0.3, -0.25) is 9.69 Å². The second-order valence-electron chi connectivity index (χ2n) is 6.31. The Morgan fingerprint density at radius 2 is 2.19 bits per heavy atom. The molecule has 1 aliphatic rings. The van der Waals surface area contributed by atoms with Crippen LogP contribution in [-0.4, -0.2) is 38.4 Å². The van der Waals surface area contributed by atoms with E-state index in [1.54, 1.807) is 11.3 Å². The van der Waals surface area contributed by atoms with Crippen LogP contribution in [-0.2, 0) is 16.6 Å². The number of amides is 1. The van der Waals surface area contributed by atoms with Gasteiger partial charge in [0.05, 0.1) is 10.5 Å². The third-order valence-electron chi connectivity index (χ3n) is 4.31. The predicted octanol–water partition coefficient (Wildman–Crippen LogP) is 1.93. The molecule has 6 nitrogen and oxygen atoms in total. The third kappa shape index (κ3) is 4.67. The molecule has 1 aliphatic heterocycles. The van der Waals surface area contributed by atoms with Crippen molar-refractivity contribution in [1.29, 1.82) is 0 Å². The lowest BCUT2D eigenvalue weighted by molar-refractivity contribution is 0.0897. The van der Waals surface area contributed by atoms with E-state index in [9.17, 15) is 17.6 Å². The SMILES string of the molecule is NS(=O)(=O)c1ccc(F)c(C(=O)N[C@@H]2CCCN(Cc3cccs3)C2)c1. The maximum Gasteiger partial charge on any atom is 0.254 e. The number of carbonyl (C=O) groups excluding carboxylic acids is 1. The molecule has 1 aromatic carbocycles. The Morgan fingerprint density at radius 1 is 1.38 bits per heavy atom. The molecule has 1 fully saturated rings. The molecule has 2 heterocycles. The third-order valence-corrected chi connectivity index (χ3v) is 6.08. The van der Waals surface area contributed by atoms with Gasteiger partial charge in [-0.15, -0.1) is 11.3 Å². The molecule has 0 saturated carbocycles. The highest BCUT2D eigenvalue weighted by atomic mass is 32.2. The van der Waals surface area contributed by atoms with Gasteiger partial charge in [0.1, 0.15) is 5.82 Å². The summed E-state index contributed by atoms with van der Waals surface area (Å²) in [6.45, 7) is 2.43. The van der Waals surface area contributed by atoms with E-state index in [4.69, 9.17) is 5.14 Å². The summed E-state index contributed by atoms with van der Waals surface area (Å²) >= 11 is 1.69. The molecule has 0 aliphatic carbocycles. The first-order valence-corrected chi connectivity index (χ1v) is 10.6. The van der Waals surface area contributed by atoms with Crippen molar-refractivity contribution >= 4 is 27.3 Å². The van der Waals surface area contributed by atoms with Crippen LogP contribution in [0.4, 0.5) is 4.39 Å². The maximum atomic E-state index is 14.0. The molecule has 3 N–H and O–H groups in total.